The number of ether oxygens (including phenoxy) is 1. The van der Waals surface area contributed by atoms with E-state index in [9.17, 15) is 9.59 Å². The fourth-order valence-electron chi connectivity index (χ4n) is 1.01. The Hall–Kier alpha value is -1.72. The molecule has 0 aromatic rings. The van der Waals surface area contributed by atoms with Crippen LogP contribution in [0.5, 0.6) is 0 Å². The Morgan fingerprint density at radius 1 is 1.39 bits per heavy atom. The molecule has 5 nitrogen and oxygen atoms in total. The fourth-order valence-corrected chi connectivity index (χ4v) is 1.01. The van der Waals surface area contributed by atoms with Gasteiger partial charge in [0, 0.05) is 26.7 Å². The standard InChI is InChI=1S/C11H15NO2.C2H6O.H2O/c1-3-4-5-10(2)8-11(6-7-13)12-9-14;1-3-2;/h3-5,7,9,11H,1-2,6,8H2,(H,12,14);1-2H3;1H2/b5-4-;;. The lowest BCUT2D eigenvalue weighted by Crippen LogP contribution is -2.28. The number of carbonyl (C=O) groups excluding carboxylic acids is 2. The Bertz CT molecular complexity index is 252. The van der Waals surface area contributed by atoms with Crippen molar-refractivity contribution >= 4 is 12.7 Å². The van der Waals surface area contributed by atoms with Gasteiger partial charge in [0.2, 0.25) is 6.41 Å². The summed E-state index contributed by atoms with van der Waals surface area (Å²) in [5.41, 5.74) is 0.853. The summed E-state index contributed by atoms with van der Waals surface area (Å²) in [6.07, 6.45) is 7.47. The van der Waals surface area contributed by atoms with E-state index in [1.54, 1.807) is 32.4 Å². The summed E-state index contributed by atoms with van der Waals surface area (Å²) >= 11 is 0. The number of amides is 1. The highest BCUT2D eigenvalue weighted by atomic mass is 16.4. The molecule has 0 saturated heterocycles. The van der Waals surface area contributed by atoms with Crippen molar-refractivity contribution in [3.63, 3.8) is 0 Å². The zero-order chi connectivity index (χ0) is 13.5. The van der Waals surface area contributed by atoms with E-state index in [-0.39, 0.29) is 11.5 Å². The molecule has 0 radical (unpaired) electrons. The third kappa shape index (κ3) is 16.7. The Labute approximate surface area is 109 Å². The molecule has 1 unspecified atom stereocenters. The number of hydrogen-bond acceptors (Lipinski definition) is 3. The lowest BCUT2D eigenvalue weighted by atomic mass is 10.1. The fraction of sp³-hybridized carbons (Fsp3) is 0.385. The second kappa shape index (κ2) is 17.7. The van der Waals surface area contributed by atoms with Crippen LogP contribution in [-0.4, -0.2) is 38.4 Å². The molecule has 3 N–H and O–H groups in total. The summed E-state index contributed by atoms with van der Waals surface area (Å²) in [6.45, 7) is 7.32. The smallest absolute Gasteiger partial charge is 0.207 e. The van der Waals surface area contributed by atoms with Crippen LogP contribution in [0.4, 0.5) is 0 Å². The number of aldehydes is 1. The average Bonchev–Trinajstić information content (AvgIpc) is 2.28. The SMILES string of the molecule is C=C/C=C\C(=C)CC(CC=O)NC=O.COC.O. The normalized spacial score (nSPS) is 10.3. The van der Waals surface area contributed by atoms with E-state index >= 15 is 0 Å². The maximum absolute atomic E-state index is 10.3. The molecule has 0 aliphatic heterocycles. The van der Waals surface area contributed by atoms with Gasteiger partial charge in [0.15, 0.2) is 0 Å². The van der Waals surface area contributed by atoms with Gasteiger partial charge < -0.3 is 20.3 Å². The molecule has 5 heteroatoms. The first-order valence-corrected chi connectivity index (χ1v) is 5.16. The number of rotatable bonds is 8. The lowest BCUT2D eigenvalue weighted by Gasteiger charge is -2.12. The highest BCUT2D eigenvalue weighted by Gasteiger charge is 2.06. The summed E-state index contributed by atoms with van der Waals surface area (Å²) in [6, 6.07) is -0.160. The zero-order valence-electron chi connectivity index (χ0n) is 11.0. The van der Waals surface area contributed by atoms with Crippen molar-refractivity contribution in [1.29, 1.82) is 0 Å². The van der Waals surface area contributed by atoms with Crippen LogP contribution in [0.15, 0.2) is 37.0 Å². The second-order valence-corrected chi connectivity index (χ2v) is 3.25. The quantitative estimate of drug-likeness (QED) is 0.516. The molecular weight excluding hydrogens is 234 g/mol. The van der Waals surface area contributed by atoms with Gasteiger partial charge in [0.1, 0.15) is 6.29 Å². The minimum atomic E-state index is -0.160. The first-order valence-electron chi connectivity index (χ1n) is 5.16. The Morgan fingerprint density at radius 3 is 2.33 bits per heavy atom. The molecule has 0 heterocycles. The molecule has 18 heavy (non-hydrogen) atoms. The van der Waals surface area contributed by atoms with Crippen LogP contribution in [0.25, 0.3) is 0 Å². The number of nitrogens with one attached hydrogen (secondary N) is 1. The molecular formula is C13H23NO4. The maximum atomic E-state index is 10.3. The van der Waals surface area contributed by atoms with E-state index in [4.69, 9.17) is 0 Å². The summed E-state index contributed by atoms with van der Waals surface area (Å²) in [7, 11) is 3.25. The van der Waals surface area contributed by atoms with Crippen molar-refractivity contribution in [2.75, 3.05) is 14.2 Å². The van der Waals surface area contributed by atoms with E-state index in [0.29, 0.717) is 19.3 Å². The lowest BCUT2D eigenvalue weighted by molar-refractivity contribution is -0.111. The maximum Gasteiger partial charge on any atom is 0.207 e. The minimum absolute atomic E-state index is 0. The second-order valence-electron chi connectivity index (χ2n) is 3.25. The number of allylic oxidation sites excluding steroid dienone is 3. The van der Waals surface area contributed by atoms with E-state index in [1.807, 2.05) is 0 Å². The summed E-state index contributed by atoms with van der Waals surface area (Å²) in [5, 5.41) is 2.56. The van der Waals surface area contributed by atoms with Crippen LogP contribution >= 0.6 is 0 Å². The first-order chi connectivity index (χ1) is 8.15. The predicted octanol–water partition coefficient (Wildman–Crippen LogP) is 0.816. The number of methoxy groups -OCH3 is 1. The largest absolute Gasteiger partial charge is 0.412 e. The molecule has 0 rings (SSSR count). The van der Waals surface area contributed by atoms with Gasteiger partial charge in [-0.15, -0.1) is 0 Å². The predicted molar refractivity (Wildman–Crippen MR) is 73.3 cm³/mol. The molecule has 0 spiro atoms. The molecule has 0 saturated carbocycles. The molecule has 1 amide bonds. The molecule has 1 atom stereocenters. The Kier molecular flexibility index (Phi) is 21.2. The third-order valence-corrected chi connectivity index (χ3v) is 1.66. The number of carbonyl (C=O) groups is 2. The Morgan fingerprint density at radius 2 is 1.94 bits per heavy atom. The van der Waals surface area contributed by atoms with Crippen molar-refractivity contribution < 1.29 is 19.8 Å². The highest BCUT2D eigenvalue weighted by Crippen LogP contribution is 2.06. The van der Waals surface area contributed by atoms with Crippen molar-refractivity contribution in [2.24, 2.45) is 0 Å². The van der Waals surface area contributed by atoms with E-state index < -0.39 is 0 Å². The summed E-state index contributed by atoms with van der Waals surface area (Å²) < 4.78 is 4.25. The first kappa shape index (κ1) is 21.6. The molecule has 0 aromatic carbocycles. The van der Waals surface area contributed by atoms with Crippen LogP contribution < -0.4 is 5.32 Å². The van der Waals surface area contributed by atoms with E-state index in [2.05, 4.69) is 23.2 Å². The topological polar surface area (TPSA) is 86.9 Å². The van der Waals surface area contributed by atoms with E-state index in [1.165, 1.54) is 0 Å². The van der Waals surface area contributed by atoms with Crippen LogP contribution in [-0.2, 0) is 14.3 Å². The summed E-state index contributed by atoms with van der Waals surface area (Å²) in [5.74, 6) is 0. The van der Waals surface area contributed by atoms with Gasteiger partial charge in [-0.3, -0.25) is 4.79 Å². The van der Waals surface area contributed by atoms with Crippen LogP contribution in [0, 0.1) is 0 Å². The van der Waals surface area contributed by atoms with Crippen molar-refractivity contribution in [3.05, 3.63) is 37.0 Å². The van der Waals surface area contributed by atoms with Gasteiger partial charge >= 0.3 is 0 Å². The highest BCUT2D eigenvalue weighted by molar-refractivity contribution is 5.53. The molecule has 0 fully saturated rings. The molecule has 0 bridgehead atoms. The van der Waals surface area contributed by atoms with E-state index in [0.717, 1.165) is 11.9 Å². The Balaban J connectivity index is -0.000000507. The zero-order valence-corrected chi connectivity index (χ0v) is 11.0. The third-order valence-electron chi connectivity index (χ3n) is 1.66. The van der Waals surface area contributed by atoms with Crippen molar-refractivity contribution in [1.82, 2.24) is 5.32 Å². The monoisotopic (exact) mass is 257 g/mol. The molecule has 0 aromatic heterocycles. The molecule has 0 aliphatic carbocycles. The van der Waals surface area contributed by atoms with Crippen LogP contribution in [0.3, 0.4) is 0 Å². The van der Waals surface area contributed by atoms with Gasteiger partial charge in [0.25, 0.3) is 0 Å². The van der Waals surface area contributed by atoms with Gasteiger partial charge in [-0.25, -0.2) is 0 Å². The van der Waals surface area contributed by atoms with Crippen LogP contribution in [0.1, 0.15) is 12.8 Å². The van der Waals surface area contributed by atoms with Crippen LogP contribution in [0.2, 0.25) is 0 Å². The van der Waals surface area contributed by atoms with Gasteiger partial charge in [-0.05, 0) is 6.42 Å². The van der Waals surface area contributed by atoms with Gasteiger partial charge in [-0.1, -0.05) is 37.0 Å². The summed E-state index contributed by atoms with van der Waals surface area (Å²) in [4.78, 5) is 20.5. The number of hydrogen-bond donors (Lipinski definition) is 1. The van der Waals surface area contributed by atoms with Gasteiger partial charge in [0.05, 0.1) is 0 Å². The van der Waals surface area contributed by atoms with Crippen molar-refractivity contribution in [3.8, 4) is 0 Å². The molecule has 104 valence electrons. The minimum Gasteiger partial charge on any atom is -0.412 e. The van der Waals surface area contributed by atoms with Gasteiger partial charge in [-0.2, -0.15) is 0 Å². The average molecular weight is 257 g/mol. The molecule has 0 aliphatic rings. The van der Waals surface area contributed by atoms with Crippen molar-refractivity contribution in [2.45, 2.75) is 18.9 Å².